The van der Waals surface area contributed by atoms with Gasteiger partial charge in [0.25, 0.3) is 0 Å². The highest BCUT2D eigenvalue weighted by Gasteiger charge is 2.20. The molecule has 1 saturated heterocycles. The largest absolute Gasteiger partial charge is 0.393 e. The van der Waals surface area contributed by atoms with Crippen LogP contribution in [0.2, 0.25) is 0 Å². The molecule has 0 spiro atoms. The number of anilines is 1. The molecule has 1 heterocycles. The first-order valence-electron chi connectivity index (χ1n) is 5.76. The van der Waals surface area contributed by atoms with Gasteiger partial charge < -0.3 is 10.0 Å². The van der Waals surface area contributed by atoms with E-state index in [-0.39, 0.29) is 6.10 Å². The molecule has 0 aromatic heterocycles. The van der Waals surface area contributed by atoms with Crippen molar-refractivity contribution in [2.45, 2.75) is 23.8 Å². The zero-order valence-electron chi connectivity index (χ0n) is 9.89. The fourth-order valence-electron chi connectivity index (χ4n) is 2.17. The van der Waals surface area contributed by atoms with Gasteiger partial charge in [0.1, 0.15) is 6.07 Å². The molecule has 1 N–H and O–H groups in total. The summed E-state index contributed by atoms with van der Waals surface area (Å²) in [5.41, 5.74) is 1.77. The smallest absolute Gasteiger partial charge is 0.103 e. The molecule has 0 amide bonds. The van der Waals surface area contributed by atoms with Crippen LogP contribution in [0.4, 0.5) is 5.69 Å². The molecule has 4 heteroatoms. The fourth-order valence-corrected chi connectivity index (χ4v) is 2.74. The predicted molar refractivity (Wildman–Crippen MR) is 70.4 cm³/mol. The van der Waals surface area contributed by atoms with E-state index in [4.69, 9.17) is 0 Å². The number of aliphatic hydroxyl groups is 1. The van der Waals surface area contributed by atoms with Crippen LogP contribution in [0.3, 0.4) is 0 Å². The lowest BCUT2D eigenvalue weighted by atomic mass is 10.1. The molecule has 0 saturated carbocycles. The Kier molecular flexibility index (Phi) is 3.93. The molecule has 0 aliphatic carbocycles. The van der Waals surface area contributed by atoms with Gasteiger partial charge in [0, 0.05) is 18.0 Å². The summed E-state index contributed by atoms with van der Waals surface area (Å²) in [4.78, 5) is 3.22. The topological polar surface area (TPSA) is 47.3 Å². The number of aliphatic hydroxyl groups excluding tert-OH is 1. The number of hydrogen-bond donors (Lipinski definition) is 1. The molecule has 1 aromatic rings. The maximum Gasteiger partial charge on any atom is 0.103 e. The van der Waals surface area contributed by atoms with Gasteiger partial charge in [-0.15, -0.1) is 11.8 Å². The first-order chi connectivity index (χ1) is 8.26. The van der Waals surface area contributed by atoms with E-state index < -0.39 is 0 Å². The van der Waals surface area contributed by atoms with E-state index >= 15 is 0 Å². The van der Waals surface area contributed by atoms with E-state index in [2.05, 4.69) is 11.0 Å². The van der Waals surface area contributed by atoms with Crippen LogP contribution in [0, 0.1) is 11.3 Å². The van der Waals surface area contributed by atoms with Gasteiger partial charge in [-0.05, 0) is 31.2 Å². The Labute approximate surface area is 106 Å². The maximum atomic E-state index is 9.51. The first-order valence-corrected chi connectivity index (χ1v) is 6.99. The Morgan fingerprint density at radius 3 is 2.71 bits per heavy atom. The Hall–Kier alpha value is -1.18. The number of nitrogens with zero attached hydrogens (tertiary/aromatic N) is 2. The molecule has 2 rings (SSSR count). The van der Waals surface area contributed by atoms with Crippen molar-refractivity contribution in [1.82, 2.24) is 0 Å². The van der Waals surface area contributed by atoms with Gasteiger partial charge in [-0.1, -0.05) is 6.07 Å². The second-order valence-corrected chi connectivity index (χ2v) is 5.03. The van der Waals surface area contributed by atoms with E-state index in [1.165, 1.54) is 0 Å². The monoisotopic (exact) mass is 248 g/mol. The van der Waals surface area contributed by atoms with Gasteiger partial charge in [-0.25, -0.2) is 0 Å². The number of thioether (sulfide) groups is 1. The van der Waals surface area contributed by atoms with E-state index in [0.717, 1.165) is 42.1 Å². The SMILES string of the molecule is CSc1cccc(N2CCC(O)CC2)c1C#N. The number of benzene rings is 1. The van der Waals surface area contributed by atoms with Crippen molar-refractivity contribution >= 4 is 17.4 Å². The summed E-state index contributed by atoms with van der Waals surface area (Å²) >= 11 is 1.60. The molecule has 1 aromatic carbocycles. The molecule has 17 heavy (non-hydrogen) atoms. The minimum atomic E-state index is -0.180. The summed E-state index contributed by atoms with van der Waals surface area (Å²) in [5.74, 6) is 0. The van der Waals surface area contributed by atoms with Crippen molar-refractivity contribution < 1.29 is 5.11 Å². The number of nitriles is 1. The lowest BCUT2D eigenvalue weighted by Crippen LogP contribution is -2.36. The highest BCUT2D eigenvalue weighted by atomic mass is 32.2. The van der Waals surface area contributed by atoms with E-state index in [9.17, 15) is 10.4 Å². The lowest BCUT2D eigenvalue weighted by molar-refractivity contribution is 0.145. The first kappa shape index (κ1) is 12.3. The zero-order valence-corrected chi connectivity index (χ0v) is 10.7. The number of rotatable bonds is 2. The van der Waals surface area contributed by atoms with Gasteiger partial charge in [0.15, 0.2) is 0 Å². The quantitative estimate of drug-likeness (QED) is 0.815. The third kappa shape index (κ3) is 2.56. The van der Waals surface area contributed by atoms with E-state index in [1.807, 2.05) is 24.5 Å². The van der Waals surface area contributed by atoms with E-state index in [0.29, 0.717) is 0 Å². The predicted octanol–water partition coefficient (Wildman–Crippen LogP) is 2.24. The van der Waals surface area contributed by atoms with Crippen molar-refractivity contribution in [3.05, 3.63) is 23.8 Å². The second kappa shape index (κ2) is 5.44. The minimum Gasteiger partial charge on any atom is -0.393 e. The van der Waals surface area contributed by atoms with Crippen LogP contribution in [-0.2, 0) is 0 Å². The van der Waals surface area contributed by atoms with Crippen LogP contribution < -0.4 is 4.90 Å². The Morgan fingerprint density at radius 2 is 2.12 bits per heavy atom. The van der Waals surface area contributed by atoms with Crippen LogP contribution in [0.1, 0.15) is 18.4 Å². The Morgan fingerprint density at radius 1 is 1.41 bits per heavy atom. The minimum absolute atomic E-state index is 0.180. The lowest BCUT2D eigenvalue weighted by Gasteiger charge is -2.32. The molecule has 3 nitrogen and oxygen atoms in total. The second-order valence-electron chi connectivity index (χ2n) is 4.18. The maximum absolute atomic E-state index is 9.51. The van der Waals surface area contributed by atoms with Crippen LogP contribution in [0.5, 0.6) is 0 Å². The van der Waals surface area contributed by atoms with Crippen molar-refractivity contribution in [2.24, 2.45) is 0 Å². The van der Waals surface area contributed by atoms with Crippen LogP contribution in [0.25, 0.3) is 0 Å². The average molecular weight is 248 g/mol. The summed E-state index contributed by atoms with van der Waals surface area (Å²) < 4.78 is 0. The normalized spacial score (nSPS) is 16.9. The van der Waals surface area contributed by atoms with Gasteiger partial charge in [-0.2, -0.15) is 5.26 Å². The molecule has 1 aliphatic heterocycles. The highest BCUT2D eigenvalue weighted by molar-refractivity contribution is 7.98. The van der Waals surface area contributed by atoms with Gasteiger partial charge in [0.2, 0.25) is 0 Å². The Bertz CT molecular complexity index is 434. The zero-order chi connectivity index (χ0) is 12.3. The molecular formula is C13H16N2OS. The molecule has 0 radical (unpaired) electrons. The van der Waals surface area contributed by atoms with Crippen molar-refractivity contribution in [2.75, 3.05) is 24.2 Å². The molecular weight excluding hydrogens is 232 g/mol. The molecule has 1 aliphatic rings. The summed E-state index contributed by atoms with van der Waals surface area (Å²) in [7, 11) is 0. The summed E-state index contributed by atoms with van der Waals surface area (Å²) in [6.45, 7) is 1.65. The van der Waals surface area contributed by atoms with Crippen LogP contribution in [-0.4, -0.2) is 30.6 Å². The number of piperidine rings is 1. The van der Waals surface area contributed by atoms with Crippen LogP contribution >= 0.6 is 11.8 Å². The van der Waals surface area contributed by atoms with Crippen LogP contribution in [0.15, 0.2) is 23.1 Å². The molecule has 1 fully saturated rings. The number of hydrogen-bond acceptors (Lipinski definition) is 4. The van der Waals surface area contributed by atoms with Crippen molar-refractivity contribution in [3.63, 3.8) is 0 Å². The summed E-state index contributed by atoms with van der Waals surface area (Å²) in [6.07, 6.45) is 3.38. The molecule has 0 atom stereocenters. The third-order valence-corrected chi connectivity index (χ3v) is 3.92. The van der Waals surface area contributed by atoms with Crippen molar-refractivity contribution in [1.29, 1.82) is 5.26 Å². The van der Waals surface area contributed by atoms with Crippen molar-refractivity contribution in [3.8, 4) is 6.07 Å². The molecule has 90 valence electrons. The standard InChI is InChI=1S/C13H16N2OS/c1-17-13-4-2-3-12(11(13)9-14)15-7-5-10(16)6-8-15/h2-4,10,16H,5-8H2,1H3. The summed E-state index contributed by atoms with van der Waals surface area (Å²) in [5, 5.41) is 18.8. The molecule has 0 bridgehead atoms. The van der Waals surface area contributed by atoms with Gasteiger partial charge >= 0.3 is 0 Å². The summed E-state index contributed by atoms with van der Waals surface area (Å²) in [6, 6.07) is 8.27. The third-order valence-electron chi connectivity index (χ3n) is 3.14. The fraction of sp³-hybridized carbons (Fsp3) is 0.462. The van der Waals surface area contributed by atoms with Gasteiger partial charge in [-0.3, -0.25) is 0 Å². The molecule has 0 unspecified atom stereocenters. The van der Waals surface area contributed by atoms with Gasteiger partial charge in [0.05, 0.1) is 17.4 Å². The highest BCUT2D eigenvalue weighted by Crippen LogP contribution is 2.30. The van der Waals surface area contributed by atoms with E-state index in [1.54, 1.807) is 11.8 Å². The Balaban J connectivity index is 2.29. The average Bonchev–Trinajstić information content (AvgIpc) is 2.38.